The van der Waals surface area contributed by atoms with Crippen LogP contribution in [0.5, 0.6) is 0 Å². The van der Waals surface area contributed by atoms with Crippen LogP contribution in [0.2, 0.25) is 10.0 Å². The summed E-state index contributed by atoms with van der Waals surface area (Å²) in [6.07, 6.45) is 0. The molecule has 19 heavy (non-hydrogen) atoms. The Bertz CT molecular complexity index is 647. The molecule has 0 heterocycles. The molecule has 0 saturated heterocycles. The van der Waals surface area contributed by atoms with Gasteiger partial charge in [-0.15, -0.1) is 0 Å². The predicted octanol–water partition coefficient (Wildman–Crippen LogP) is 4.52. The molecule has 2 aromatic rings. The molecular weight excluding hydrogens is 295 g/mol. The van der Waals surface area contributed by atoms with Crippen molar-refractivity contribution in [2.45, 2.75) is 0 Å². The van der Waals surface area contributed by atoms with Gasteiger partial charge in [0.25, 0.3) is 5.91 Å². The quantitative estimate of drug-likeness (QED) is 0.868. The lowest BCUT2D eigenvalue weighted by atomic mass is 10.2. The first-order chi connectivity index (χ1) is 8.99. The van der Waals surface area contributed by atoms with Gasteiger partial charge in [-0.3, -0.25) is 4.79 Å². The van der Waals surface area contributed by atoms with Crippen molar-refractivity contribution < 1.29 is 13.6 Å². The van der Waals surface area contributed by atoms with Crippen LogP contribution in [-0.2, 0) is 0 Å². The smallest absolute Gasteiger partial charge is 0.258 e. The Morgan fingerprint density at radius 1 is 1.11 bits per heavy atom. The third kappa shape index (κ3) is 3.03. The highest BCUT2D eigenvalue weighted by Gasteiger charge is 2.16. The summed E-state index contributed by atoms with van der Waals surface area (Å²) >= 11 is 11.6. The maximum atomic E-state index is 13.4. The van der Waals surface area contributed by atoms with Gasteiger partial charge in [0, 0.05) is 5.02 Å². The van der Waals surface area contributed by atoms with Gasteiger partial charge in [0.05, 0.1) is 16.3 Å². The van der Waals surface area contributed by atoms with Crippen LogP contribution in [0.1, 0.15) is 10.4 Å². The first-order valence-electron chi connectivity index (χ1n) is 5.19. The van der Waals surface area contributed by atoms with E-state index in [0.717, 1.165) is 6.07 Å². The SMILES string of the molecule is O=C(Nc1cc(Cl)ccc1Cl)c1cccc(F)c1F. The summed E-state index contributed by atoms with van der Waals surface area (Å²) in [7, 11) is 0. The lowest BCUT2D eigenvalue weighted by molar-refractivity contribution is 0.102. The largest absolute Gasteiger partial charge is 0.320 e. The number of carbonyl (C=O) groups excluding carboxylic acids is 1. The van der Waals surface area contributed by atoms with Crippen molar-refractivity contribution in [2.24, 2.45) is 0 Å². The molecule has 0 atom stereocenters. The Hall–Kier alpha value is -1.65. The van der Waals surface area contributed by atoms with Gasteiger partial charge in [-0.05, 0) is 30.3 Å². The fourth-order valence-electron chi connectivity index (χ4n) is 1.46. The Balaban J connectivity index is 2.31. The van der Waals surface area contributed by atoms with E-state index in [-0.39, 0.29) is 10.7 Å². The first kappa shape index (κ1) is 13.8. The molecule has 2 rings (SSSR count). The number of hydrogen-bond donors (Lipinski definition) is 1. The molecule has 0 aliphatic rings. The van der Waals surface area contributed by atoms with Crippen LogP contribution in [-0.4, -0.2) is 5.91 Å². The Morgan fingerprint density at radius 2 is 1.84 bits per heavy atom. The van der Waals surface area contributed by atoms with Crippen LogP contribution in [0, 0.1) is 11.6 Å². The molecule has 0 radical (unpaired) electrons. The molecular formula is C13H7Cl2F2NO. The minimum absolute atomic E-state index is 0.225. The lowest BCUT2D eigenvalue weighted by Gasteiger charge is -2.08. The van der Waals surface area contributed by atoms with E-state index in [2.05, 4.69) is 5.32 Å². The molecule has 1 N–H and O–H groups in total. The molecule has 6 heteroatoms. The van der Waals surface area contributed by atoms with E-state index in [1.54, 1.807) is 6.07 Å². The Morgan fingerprint density at radius 3 is 2.58 bits per heavy atom. The normalized spacial score (nSPS) is 10.3. The number of halogens is 4. The van der Waals surface area contributed by atoms with Crippen molar-refractivity contribution >= 4 is 34.8 Å². The maximum Gasteiger partial charge on any atom is 0.258 e. The maximum absolute atomic E-state index is 13.4. The van der Waals surface area contributed by atoms with Crippen molar-refractivity contribution in [3.63, 3.8) is 0 Å². The summed E-state index contributed by atoms with van der Waals surface area (Å²) in [5, 5.41) is 2.98. The monoisotopic (exact) mass is 301 g/mol. The van der Waals surface area contributed by atoms with E-state index in [0.29, 0.717) is 5.02 Å². The van der Waals surface area contributed by atoms with E-state index in [1.165, 1.54) is 24.3 Å². The fraction of sp³-hybridized carbons (Fsp3) is 0. The standard InChI is InChI=1S/C13H7Cl2F2NO/c14-7-4-5-9(15)11(6-7)18-13(19)8-2-1-3-10(16)12(8)17/h1-6H,(H,18,19). The number of rotatable bonds is 2. The highest BCUT2D eigenvalue weighted by molar-refractivity contribution is 6.35. The van der Waals surface area contributed by atoms with Crippen molar-refractivity contribution in [3.05, 3.63) is 63.6 Å². The van der Waals surface area contributed by atoms with E-state index in [9.17, 15) is 13.6 Å². The molecule has 0 spiro atoms. The third-order valence-electron chi connectivity index (χ3n) is 2.37. The minimum Gasteiger partial charge on any atom is -0.320 e. The Kier molecular flexibility index (Phi) is 4.02. The second-order valence-corrected chi connectivity index (χ2v) is 4.52. The minimum atomic E-state index is -1.21. The summed E-state index contributed by atoms with van der Waals surface area (Å²) < 4.78 is 26.5. The van der Waals surface area contributed by atoms with Crippen molar-refractivity contribution in [2.75, 3.05) is 5.32 Å². The highest BCUT2D eigenvalue weighted by atomic mass is 35.5. The molecule has 1 amide bonds. The predicted molar refractivity (Wildman–Crippen MR) is 70.8 cm³/mol. The number of nitrogens with one attached hydrogen (secondary N) is 1. The van der Waals surface area contributed by atoms with E-state index in [1.807, 2.05) is 0 Å². The molecule has 2 nitrogen and oxygen atoms in total. The molecule has 2 aromatic carbocycles. The zero-order valence-corrected chi connectivity index (χ0v) is 10.9. The van der Waals surface area contributed by atoms with Gasteiger partial charge in [0.1, 0.15) is 0 Å². The average Bonchev–Trinajstić information content (AvgIpc) is 2.37. The van der Waals surface area contributed by atoms with Gasteiger partial charge in [-0.1, -0.05) is 29.3 Å². The first-order valence-corrected chi connectivity index (χ1v) is 5.95. The molecule has 0 aromatic heterocycles. The summed E-state index contributed by atoms with van der Waals surface area (Å²) in [5.74, 6) is -3.11. The number of carbonyl (C=O) groups is 1. The number of benzene rings is 2. The summed E-state index contributed by atoms with van der Waals surface area (Å²) in [6, 6.07) is 7.79. The second-order valence-electron chi connectivity index (χ2n) is 3.68. The zero-order chi connectivity index (χ0) is 14.0. The van der Waals surface area contributed by atoms with Crippen LogP contribution in [0.4, 0.5) is 14.5 Å². The lowest BCUT2D eigenvalue weighted by Crippen LogP contribution is -2.14. The van der Waals surface area contributed by atoms with Crippen molar-refractivity contribution in [1.29, 1.82) is 0 Å². The van der Waals surface area contributed by atoms with Gasteiger partial charge in [0.2, 0.25) is 0 Å². The van der Waals surface area contributed by atoms with Crippen LogP contribution in [0.25, 0.3) is 0 Å². The molecule has 0 saturated carbocycles. The van der Waals surface area contributed by atoms with Gasteiger partial charge in [0.15, 0.2) is 11.6 Å². The van der Waals surface area contributed by atoms with Crippen LogP contribution < -0.4 is 5.32 Å². The van der Waals surface area contributed by atoms with Crippen LogP contribution >= 0.6 is 23.2 Å². The summed E-state index contributed by atoms with van der Waals surface area (Å²) in [5.41, 5.74) is -0.182. The second kappa shape index (κ2) is 5.55. The van der Waals surface area contributed by atoms with Crippen molar-refractivity contribution in [3.8, 4) is 0 Å². The highest BCUT2D eigenvalue weighted by Crippen LogP contribution is 2.26. The average molecular weight is 302 g/mol. The van der Waals surface area contributed by atoms with Crippen LogP contribution in [0.15, 0.2) is 36.4 Å². The van der Waals surface area contributed by atoms with Gasteiger partial charge < -0.3 is 5.32 Å². The topological polar surface area (TPSA) is 29.1 Å². The number of hydrogen-bond acceptors (Lipinski definition) is 1. The molecule has 0 aliphatic carbocycles. The number of amides is 1. The summed E-state index contributed by atoms with van der Waals surface area (Å²) in [6.45, 7) is 0. The van der Waals surface area contributed by atoms with E-state index in [4.69, 9.17) is 23.2 Å². The fourth-order valence-corrected chi connectivity index (χ4v) is 1.80. The molecule has 0 unspecified atom stereocenters. The van der Waals surface area contributed by atoms with Gasteiger partial charge in [-0.25, -0.2) is 8.78 Å². The molecule has 0 fully saturated rings. The molecule has 0 bridgehead atoms. The summed E-state index contributed by atoms with van der Waals surface area (Å²) in [4.78, 5) is 11.8. The zero-order valence-electron chi connectivity index (χ0n) is 9.38. The Labute approximate surface area is 118 Å². The third-order valence-corrected chi connectivity index (χ3v) is 2.94. The van der Waals surface area contributed by atoms with Gasteiger partial charge in [-0.2, -0.15) is 0 Å². The van der Waals surface area contributed by atoms with E-state index < -0.39 is 23.1 Å². The number of anilines is 1. The molecule has 0 aliphatic heterocycles. The van der Waals surface area contributed by atoms with Crippen LogP contribution in [0.3, 0.4) is 0 Å². The molecule has 98 valence electrons. The van der Waals surface area contributed by atoms with Crippen molar-refractivity contribution in [1.82, 2.24) is 0 Å². The van der Waals surface area contributed by atoms with E-state index >= 15 is 0 Å². The van der Waals surface area contributed by atoms with Gasteiger partial charge >= 0.3 is 0 Å².